The molecule has 29 heavy (non-hydrogen) atoms. The molecule has 5 nitrogen and oxygen atoms in total. The summed E-state index contributed by atoms with van der Waals surface area (Å²) in [6.45, 7) is 10.4. The lowest BCUT2D eigenvalue weighted by molar-refractivity contribution is 0.0326. The molecule has 1 saturated heterocycles. The number of nitrogens with zero attached hydrogens (tertiary/aromatic N) is 3. The van der Waals surface area contributed by atoms with Gasteiger partial charge in [0.1, 0.15) is 11.6 Å². The number of para-hydroxylation sites is 3. The summed E-state index contributed by atoms with van der Waals surface area (Å²) in [5, 5.41) is 0. The van der Waals surface area contributed by atoms with Crippen LogP contribution in [-0.4, -0.2) is 47.4 Å². The number of unbranched alkanes of at least 4 members (excludes halogenated alkanes) is 1. The third kappa shape index (κ3) is 4.80. The zero-order chi connectivity index (χ0) is 20.1. The van der Waals surface area contributed by atoms with Gasteiger partial charge in [0.2, 0.25) is 0 Å². The van der Waals surface area contributed by atoms with Gasteiger partial charge in [0, 0.05) is 19.6 Å². The lowest BCUT2D eigenvalue weighted by Gasteiger charge is -2.26. The number of fused-ring (bicyclic) bond motifs is 1. The number of aromatic nitrogens is 2. The average Bonchev–Trinajstić information content (AvgIpc) is 3.07. The highest BCUT2D eigenvalue weighted by Crippen LogP contribution is 2.23. The van der Waals surface area contributed by atoms with Crippen LogP contribution in [0, 0.1) is 13.8 Å². The van der Waals surface area contributed by atoms with Gasteiger partial charge < -0.3 is 14.0 Å². The van der Waals surface area contributed by atoms with E-state index < -0.39 is 0 Å². The Kier molecular flexibility index (Phi) is 6.47. The number of rotatable bonds is 8. The van der Waals surface area contributed by atoms with Crippen molar-refractivity contribution in [1.82, 2.24) is 14.5 Å². The molecule has 0 amide bonds. The minimum Gasteiger partial charge on any atom is -0.493 e. The van der Waals surface area contributed by atoms with Crippen LogP contribution in [0.4, 0.5) is 0 Å². The highest BCUT2D eigenvalue weighted by Gasteiger charge is 2.16. The average molecular weight is 394 g/mol. The minimum atomic E-state index is 0.747. The molecule has 3 aromatic rings. The predicted octanol–water partition coefficient (Wildman–Crippen LogP) is 4.34. The van der Waals surface area contributed by atoms with Crippen molar-refractivity contribution in [3.63, 3.8) is 0 Å². The van der Waals surface area contributed by atoms with Gasteiger partial charge in [-0.15, -0.1) is 0 Å². The molecule has 4 rings (SSSR count). The monoisotopic (exact) mass is 393 g/mol. The van der Waals surface area contributed by atoms with Gasteiger partial charge in [-0.25, -0.2) is 4.98 Å². The molecule has 1 aliphatic heterocycles. The van der Waals surface area contributed by atoms with E-state index in [1.165, 1.54) is 16.6 Å². The Bertz CT molecular complexity index is 924. The van der Waals surface area contributed by atoms with E-state index in [0.717, 1.165) is 75.9 Å². The summed E-state index contributed by atoms with van der Waals surface area (Å²) in [5.74, 6) is 2.19. The Morgan fingerprint density at radius 2 is 1.72 bits per heavy atom. The van der Waals surface area contributed by atoms with Gasteiger partial charge in [0.15, 0.2) is 0 Å². The lowest BCUT2D eigenvalue weighted by Crippen LogP contribution is -2.36. The van der Waals surface area contributed by atoms with E-state index in [2.05, 4.69) is 65.8 Å². The van der Waals surface area contributed by atoms with Gasteiger partial charge in [-0.3, -0.25) is 4.90 Å². The molecule has 1 aromatic heterocycles. The number of morpholine rings is 1. The van der Waals surface area contributed by atoms with E-state index in [4.69, 9.17) is 14.5 Å². The summed E-state index contributed by atoms with van der Waals surface area (Å²) >= 11 is 0. The molecule has 5 heteroatoms. The Morgan fingerprint density at radius 1 is 0.966 bits per heavy atom. The van der Waals surface area contributed by atoms with Crippen LogP contribution in [0.25, 0.3) is 11.0 Å². The number of aryl methyl sites for hydroxylation is 3. The van der Waals surface area contributed by atoms with E-state index in [9.17, 15) is 0 Å². The second kappa shape index (κ2) is 9.42. The first kappa shape index (κ1) is 19.9. The maximum Gasteiger partial charge on any atom is 0.125 e. The molecule has 0 bridgehead atoms. The molecule has 0 radical (unpaired) electrons. The molecule has 2 heterocycles. The predicted molar refractivity (Wildman–Crippen MR) is 116 cm³/mol. The van der Waals surface area contributed by atoms with Crippen molar-refractivity contribution in [2.24, 2.45) is 0 Å². The van der Waals surface area contributed by atoms with Crippen LogP contribution in [-0.2, 0) is 17.8 Å². The molecular formula is C24H31N3O2. The zero-order valence-electron chi connectivity index (χ0n) is 17.6. The fourth-order valence-electron chi connectivity index (χ4n) is 4.03. The smallest absolute Gasteiger partial charge is 0.125 e. The van der Waals surface area contributed by atoms with E-state index in [-0.39, 0.29) is 0 Å². The fourth-order valence-corrected chi connectivity index (χ4v) is 4.03. The van der Waals surface area contributed by atoms with E-state index in [0.29, 0.717) is 0 Å². The van der Waals surface area contributed by atoms with Gasteiger partial charge in [0.05, 0.1) is 37.4 Å². The number of hydrogen-bond acceptors (Lipinski definition) is 4. The molecule has 0 unspecified atom stereocenters. The molecule has 1 fully saturated rings. The van der Waals surface area contributed by atoms with Crippen LogP contribution >= 0.6 is 0 Å². The maximum atomic E-state index is 6.08. The SMILES string of the molecule is Cc1cccc(C)c1OCCCCn1c(CN2CCOCC2)nc2ccccc21. The first-order chi connectivity index (χ1) is 14.2. The number of ether oxygens (including phenoxy) is 2. The Morgan fingerprint density at radius 3 is 2.52 bits per heavy atom. The summed E-state index contributed by atoms with van der Waals surface area (Å²) in [7, 11) is 0. The first-order valence-corrected chi connectivity index (χ1v) is 10.7. The molecule has 154 valence electrons. The van der Waals surface area contributed by atoms with Gasteiger partial charge in [0.25, 0.3) is 0 Å². The summed E-state index contributed by atoms with van der Waals surface area (Å²) in [6, 6.07) is 14.8. The van der Waals surface area contributed by atoms with Crippen LogP contribution in [0.1, 0.15) is 29.8 Å². The zero-order valence-corrected chi connectivity index (χ0v) is 17.6. The van der Waals surface area contributed by atoms with Crippen molar-refractivity contribution in [2.75, 3.05) is 32.9 Å². The van der Waals surface area contributed by atoms with Gasteiger partial charge >= 0.3 is 0 Å². The molecule has 1 aliphatic rings. The third-order valence-electron chi connectivity index (χ3n) is 5.63. The molecule has 0 aliphatic carbocycles. The fraction of sp³-hybridized carbons (Fsp3) is 0.458. The summed E-state index contributed by atoms with van der Waals surface area (Å²) in [4.78, 5) is 7.36. The molecule has 0 atom stereocenters. The molecule has 2 aromatic carbocycles. The molecule has 0 saturated carbocycles. The Balaban J connectivity index is 1.38. The van der Waals surface area contributed by atoms with Gasteiger partial charge in [-0.2, -0.15) is 0 Å². The molecular weight excluding hydrogens is 362 g/mol. The highest BCUT2D eigenvalue weighted by molar-refractivity contribution is 5.75. The topological polar surface area (TPSA) is 39.5 Å². The van der Waals surface area contributed by atoms with Crippen LogP contribution in [0.3, 0.4) is 0 Å². The number of benzene rings is 2. The second-order valence-electron chi connectivity index (χ2n) is 7.83. The van der Waals surface area contributed by atoms with Crippen LogP contribution in [0.15, 0.2) is 42.5 Å². The molecule has 0 spiro atoms. The summed E-state index contributed by atoms with van der Waals surface area (Å²) in [5.41, 5.74) is 4.73. The summed E-state index contributed by atoms with van der Waals surface area (Å²) in [6.07, 6.45) is 2.10. The quantitative estimate of drug-likeness (QED) is 0.534. The van der Waals surface area contributed by atoms with E-state index in [1.807, 2.05) is 0 Å². The van der Waals surface area contributed by atoms with Crippen molar-refractivity contribution < 1.29 is 9.47 Å². The summed E-state index contributed by atoms with van der Waals surface area (Å²) < 4.78 is 14.0. The Labute approximate surface area is 173 Å². The largest absolute Gasteiger partial charge is 0.493 e. The van der Waals surface area contributed by atoms with Crippen molar-refractivity contribution in [3.05, 3.63) is 59.4 Å². The lowest BCUT2D eigenvalue weighted by atomic mass is 10.1. The van der Waals surface area contributed by atoms with Crippen molar-refractivity contribution in [2.45, 2.75) is 39.8 Å². The second-order valence-corrected chi connectivity index (χ2v) is 7.83. The van der Waals surface area contributed by atoms with Gasteiger partial charge in [-0.05, 0) is 49.9 Å². The van der Waals surface area contributed by atoms with E-state index in [1.54, 1.807) is 0 Å². The van der Waals surface area contributed by atoms with Crippen LogP contribution < -0.4 is 4.74 Å². The van der Waals surface area contributed by atoms with Gasteiger partial charge in [-0.1, -0.05) is 30.3 Å². The Hall–Kier alpha value is -2.37. The van der Waals surface area contributed by atoms with E-state index >= 15 is 0 Å². The molecule has 0 N–H and O–H groups in total. The highest BCUT2D eigenvalue weighted by atomic mass is 16.5. The van der Waals surface area contributed by atoms with Crippen molar-refractivity contribution >= 4 is 11.0 Å². The number of imidazole rings is 1. The normalized spacial score (nSPS) is 15.1. The standard InChI is InChI=1S/C24H31N3O2/c1-19-8-7-9-20(2)24(19)29-15-6-5-12-27-22-11-4-3-10-21(22)25-23(27)18-26-13-16-28-17-14-26/h3-4,7-11H,5-6,12-18H2,1-2H3. The van der Waals surface area contributed by atoms with Crippen LogP contribution in [0.2, 0.25) is 0 Å². The third-order valence-corrected chi connectivity index (χ3v) is 5.63. The number of hydrogen-bond donors (Lipinski definition) is 0. The van der Waals surface area contributed by atoms with Crippen molar-refractivity contribution in [1.29, 1.82) is 0 Å². The minimum absolute atomic E-state index is 0.747. The first-order valence-electron chi connectivity index (χ1n) is 10.7. The van der Waals surface area contributed by atoms with Crippen molar-refractivity contribution in [3.8, 4) is 5.75 Å². The van der Waals surface area contributed by atoms with Crippen LogP contribution in [0.5, 0.6) is 5.75 Å². The maximum absolute atomic E-state index is 6.08.